The van der Waals surface area contributed by atoms with Gasteiger partial charge < -0.3 is 14.6 Å². The first-order chi connectivity index (χ1) is 13.2. The second kappa shape index (κ2) is 6.81. The summed E-state index contributed by atoms with van der Waals surface area (Å²) in [5, 5.41) is 12.0. The van der Waals surface area contributed by atoms with Crippen LogP contribution in [-0.2, 0) is 4.79 Å². The Balaban J connectivity index is 1.86. The summed E-state index contributed by atoms with van der Waals surface area (Å²) in [5.41, 5.74) is 3.94. The number of aliphatic imine (C=N–C) groups is 1. The highest BCUT2D eigenvalue weighted by atomic mass is 16.5. The van der Waals surface area contributed by atoms with E-state index in [1.807, 2.05) is 47.3 Å². The lowest BCUT2D eigenvalue weighted by molar-refractivity contribution is -0.115. The molecule has 3 aromatic rings. The lowest BCUT2D eigenvalue weighted by atomic mass is 10.0. The van der Waals surface area contributed by atoms with E-state index in [0.717, 1.165) is 11.3 Å². The summed E-state index contributed by atoms with van der Waals surface area (Å²) in [6, 6.07) is 16.7. The minimum Gasteiger partial charge on any atom is -0.494 e. The van der Waals surface area contributed by atoms with Crippen molar-refractivity contribution >= 4 is 23.0 Å². The maximum atomic E-state index is 12.4. The Labute approximate surface area is 156 Å². The highest BCUT2D eigenvalue weighted by Gasteiger charge is 2.20. The van der Waals surface area contributed by atoms with Crippen LogP contribution in [0, 0.1) is 11.3 Å². The van der Waals surface area contributed by atoms with E-state index < -0.39 is 0 Å². The molecule has 0 saturated heterocycles. The van der Waals surface area contributed by atoms with Gasteiger partial charge in [0.2, 0.25) is 5.91 Å². The third-order valence-corrected chi connectivity index (χ3v) is 4.36. The second-order valence-electron chi connectivity index (χ2n) is 6.11. The second-order valence-corrected chi connectivity index (χ2v) is 6.11. The molecule has 0 fully saturated rings. The summed E-state index contributed by atoms with van der Waals surface area (Å²) in [6.45, 7) is 0. The predicted molar refractivity (Wildman–Crippen MR) is 103 cm³/mol. The minimum atomic E-state index is -0.154. The summed E-state index contributed by atoms with van der Waals surface area (Å²) in [4.78, 5) is 17.1. The molecule has 1 aromatic heterocycles. The number of carbonyl (C=O) groups is 1. The van der Waals surface area contributed by atoms with Crippen LogP contribution in [0.2, 0.25) is 0 Å². The molecule has 1 aliphatic heterocycles. The Morgan fingerprint density at radius 3 is 2.74 bits per heavy atom. The van der Waals surface area contributed by atoms with Gasteiger partial charge in [0.15, 0.2) is 0 Å². The van der Waals surface area contributed by atoms with Crippen molar-refractivity contribution in [3.8, 4) is 17.5 Å². The normalized spacial score (nSPS) is 13.0. The quantitative estimate of drug-likeness (QED) is 0.775. The van der Waals surface area contributed by atoms with Crippen molar-refractivity contribution in [1.82, 2.24) is 4.57 Å². The molecule has 2 heterocycles. The number of carbonyl (C=O) groups excluding carboxylic acids is 1. The van der Waals surface area contributed by atoms with Crippen LogP contribution in [0.5, 0.6) is 5.75 Å². The molecule has 2 aromatic carbocycles. The molecule has 0 spiro atoms. The molecule has 1 N–H and O–H groups in total. The zero-order valence-electron chi connectivity index (χ0n) is 14.6. The number of ether oxygens (including phenoxy) is 1. The maximum Gasteiger partial charge on any atom is 0.230 e. The van der Waals surface area contributed by atoms with Crippen molar-refractivity contribution in [2.45, 2.75) is 6.42 Å². The van der Waals surface area contributed by atoms with Crippen molar-refractivity contribution in [1.29, 1.82) is 5.26 Å². The summed E-state index contributed by atoms with van der Waals surface area (Å²) < 4.78 is 7.45. The van der Waals surface area contributed by atoms with Crippen LogP contribution in [0.4, 0.5) is 11.4 Å². The van der Waals surface area contributed by atoms with Crippen LogP contribution in [0.3, 0.4) is 0 Å². The summed E-state index contributed by atoms with van der Waals surface area (Å²) in [5.74, 6) is 0.494. The zero-order valence-corrected chi connectivity index (χ0v) is 14.6. The van der Waals surface area contributed by atoms with Crippen molar-refractivity contribution in [2.75, 3.05) is 12.4 Å². The number of nitriles is 1. The van der Waals surface area contributed by atoms with Gasteiger partial charge in [-0.15, -0.1) is 0 Å². The number of nitrogens with zero attached hydrogens (tertiary/aromatic N) is 3. The zero-order chi connectivity index (χ0) is 18.8. The van der Waals surface area contributed by atoms with Crippen LogP contribution >= 0.6 is 0 Å². The Morgan fingerprint density at radius 2 is 2.00 bits per heavy atom. The predicted octanol–water partition coefficient (Wildman–Crippen LogP) is 3.82. The van der Waals surface area contributed by atoms with E-state index >= 15 is 0 Å². The molecule has 6 heteroatoms. The van der Waals surface area contributed by atoms with Gasteiger partial charge in [-0.2, -0.15) is 5.26 Å². The lowest BCUT2D eigenvalue weighted by Gasteiger charge is -2.13. The fraction of sp³-hybridized carbons (Fsp3) is 0.0952. The van der Waals surface area contributed by atoms with Crippen molar-refractivity contribution in [3.63, 3.8) is 0 Å². The van der Waals surface area contributed by atoms with E-state index in [1.165, 1.54) is 0 Å². The van der Waals surface area contributed by atoms with Crippen LogP contribution in [0.15, 0.2) is 65.9 Å². The first-order valence-corrected chi connectivity index (χ1v) is 8.41. The molecule has 1 amide bonds. The average molecular weight is 356 g/mol. The molecule has 132 valence electrons. The third-order valence-electron chi connectivity index (χ3n) is 4.36. The number of anilines is 1. The molecule has 0 unspecified atom stereocenters. The molecule has 0 radical (unpaired) electrons. The monoisotopic (exact) mass is 356 g/mol. The van der Waals surface area contributed by atoms with Crippen LogP contribution in [0.25, 0.3) is 5.69 Å². The Morgan fingerprint density at radius 1 is 1.19 bits per heavy atom. The van der Waals surface area contributed by atoms with Gasteiger partial charge in [0, 0.05) is 18.5 Å². The molecule has 0 saturated carbocycles. The number of methoxy groups -OCH3 is 1. The van der Waals surface area contributed by atoms with E-state index in [-0.39, 0.29) is 12.3 Å². The molecule has 4 rings (SSSR count). The number of aromatic nitrogens is 1. The van der Waals surface area contributed by atoms with E-state index in [9.17, 15) is 4.79 Å². The molecular formula is C21H16N4O2. The largest absolute Gasteiger partial charge is 0.494 e. The molecule has 27 heavy (non-hydrogen) atoms. The molecule has 1 aliphatic rings. The number of benzene rings is 2. The highest BCUT2D eigenvalue weighted by Crippen LogP contribution is 2.37. The number of hydrogen-bond acceptors (Lipinski definition) is 4. The molecular weight excluding hydrogens is 340 g/mol. The van der Waals surface area contributed by atoms with Crippen molar-refractivity contribution in [2.24, 2.45) is 4.99 Å². The lowest BCUT2D eigenvalue weighted by Crippen LogP contribution is -2.15. The Hall–Kier alpha value is -3.85. The van der Waals surface area contributed by atoms with Gasteiger partial charge in [-0.25, -0.2) is 4.99 Å². The Bertz CT molecular complexity index is 1090. The number of fused-ring (bicyclic) bond motifs is 1. The SMILES string of the molecule is COc1cc2c(cc1-n1cccc1)NC(=O)CC(c1cccc(C#N)c1)=N2. The fourth-order valence-corrected chi connectivity index (χ4v) is 3.08. The van der Waals surface area contributed by atoms with Gasteiger partial charge in [-0.3, -0.25) is 4.79 Å². The number of rotatable bonds is 3. The number of amides is 1. The molecule has 0 bridgehead atoms. The fourth-order valence-electron chi connectivity index (χ4n) is 3.08. The van der Waals surface area contributed by atoms with Gasteiger partial charge in [0.05, 0.1) is 47.9 Å². The van der Waals surface area contributed by atoms with Gasteiger partial charge >= 0.3 is 0 Å². The smallest absolute Gasteiger partial charge is 0.230 e. The van der Waals surface area contributed by atoms with E-state index in [0.29, 0.717) is 28.4 Å². The summed E-state index contributed by atoms with van der Waals surface area (Å²) >= 11 is 0. The molecule has 0 aliphatic carbocycles. The van der Waals surface area contributed by atoms with Gasteiger partial charge in [0.1, 0.15) is 5.75 Å². The summed E-state index contributed by atoms with van der Waals surface area (Å²) in [6.07, 6.45) is 3.94. The summed E-state index contributed by atoms with van der Waals surface area (Å²) in [7, 11) is 1.60. The van der Waals surface area contributed by atoms with Crippen LogP contribution in [0.1, 0.15) is 17.5 Å². The Kier molecular flexibility index (Phi) is 4.19. The first kappa shape index (κ1) is 16.6. The standard InChI is InChI=1S/C21H16N4O2/c1-27-20-11-18-17(10-19(20)25-7-2-3-8-25)24-21(26)12-16(23-18)15-6-4-5-14(9-15)13-22/h2-11H,12H2,1H3,(H,24,26). The van der Waals surface area contributed by atoms with Crippen molar-refractivity contribution in [3.05, 3.63) is 72.1 Å². The average Bonchev–Trinajstić information content (AvgIpc) is 3.17. The molecule has 0 atom stereocenters. The highest BCUT2D eigenvalue weighted by molar-refractivity contribution is 6.17. The minimum absolute atomic E-state index is 0.130. The van der Waals surface area contributed by atoms with Crippen LogP contribution < -0.4 is 10.1 Å². The van der Waals surface area contributed by atoms with E-state index in [1.54, 1.807) is 25.3 Å². The maximum absolute atomic E-state index is 12.4. The molecule has 6 nitrogen and oxygen atoms in total. The third kappa shape index (κ3) is 3.18. The van der Waals surface area contributed by atoms with Crippen molar-refractivity contribution < 1.29 is 9.53 Å². The van der Waals surface area contributed by atoms with Crippen LogP contribution in [-0.4, -0.2) is 23.3 Å². The van der Waals surface area contributed by atoms with Gasteiger partial charge in [0.25, 0.3) is 0 Å². The van der Waals surface area contributed by atoms with E-state index in [2.05, 4.69) is 11.4 Å². The van der Waals surface area contributed by atoms with Gasteiger partial charge in [-0.05, 0) is 35.9 Å². The first-order valence-electron chi connectivity index (χ1n) is 8.41. The number of nitrogens with one attached hydrogen (secondary N) is 1. The van der Waals surface area contributed by atoms with E-state index in [4.69, 9.17) is 15.0 Å². The van der Waals surface area contributed by atoms with Gasteiger partial charge in [-0.1, -0.05) is 12.1 Å². The topological polar surface area (TPSA) is 79.4 Å². The number of hydrogen-bond donors (Lipinski definition) is 1.